The van der Waals surface area contributed by atoms with Crippen LogP contribution in [-0.2, 0) is 15.7 Å². The van der Waals surface area contributed by atoms with Crippen LogP contribution >= 0.6 is 11.6 Å². The van der Waals surface area contributed by atoms with Crippen LogP contribution in [0.4, 0.5) is 8.78 Å². The molecule has 0 atom stereocenters. The molecule has 3 nitrogen and oxygen atoms in total. The number of alkyl halides is 2. The van der Waals surface area contributed by atoms with Crippen LogP contribution in [0.1, 0.15) is 33.3 Å². The third-order valence-electron chi connectivity index (χ3n) is 3.82. The minimum atomic E-state index is -2.43. The van der Waals surface area contributed by atoms with Crippen LogP contribution in [0.5, 0.6) is 0 Å². The molecule has 1 fully saturated rings. The molecule has 2 heterocycles. The molecule has 0 bridgehead atoms. The smallest absolute Gasteiger partial charge is 0.399 e. The molecule has 1 aromatic rings. The van der Waals surface area contributed by atoms with Gasteiger partial charge in [0, 0.05) is 18.1 Å². The van der Waals surface area contributed by atoms with E-state index in [1.54, 1.807) is 6.07 Å². The fourth-order valence-corrected chi connectivity index (χ4v) is 2.13. The third-order valence-corrected chi connectivity index (χ3v) is 4.14. The normalized spacial score (nSPS) is 20.7. The molecular formula is C13H17BClF2NO2. The fraction of sp³-hybridized carbons (Fsp3) is 0.615. The van der Waals surface area contributed by atoms with Crippen LogP contribution in [0.25, 0.3) is 0 Å². The van der Waals surface area contributed by atoms with Gasteiger partial charge in [-0.05, 0) is 33.3 Å². The molecule has 0 spiro atoms. The monoisotopic (exact) mass is 303 g/mol. The first kappa shape index (κ1) is 15.7. The molecule has 2 rings (SSSR count). The van der Waals surface area contributed by atoms with E-state index in [2.05, 4.69) is 4.98 Å². The highest BCUT2D eigenvalue weighted by atomic mass is 35.5. The Kier molecular flexibility index (Phi) is 4.11. The van der Waals surface area contributed by atoms with Crippen molar-refractivity contribution < 1.29 is 18.1 Å². The Bertz CT molecular complexity index is 495. The van der Waals surface area contributed by atoms with Crippen molar-refractivity contribution in [1.82, 2.24) is 4.98 Å². The van der Waals surface area contributed by atoms with Crippen LogP contribution in [0.2, 0.25) is 5.15 Å². The summed E-state index contributed by atoms with van der Waals surface area (Å²) in [5.41, 5.74) is -0.128. The summed E-state index contributed by atoms with van der Waals surface area (Å²) in [7, 11) is -0.697. The number of hydrogen-bond donors (Lipinski definition) is 0. The molecule has 0 amide bonds. The Morgan fingerprint density at radius 1 is 1.25 bits per heavy atom. The minimum absolute atomic E-state index is 0.210. The Morgan fingerprint density at radius 3 is 2.30 bits per heavy atom. The quantitative estimate of drug-likeness (QED) is 0.635. The van der Waals surface area contributed by atoms with Gasteiger partial charge in [-0.2, -0.15) is 0 Å². The van der Waals surface area contributed by atoms with Crippen molar-refractivity contribution in [3.05, 3.63) is 23.0 Å². The van der Waals surface area contributed by atoms with Gasteiger partial charge in [-0.25, -0.2) is 13.8 Å². The summed E-state index contributed by atoms with van der Waals surface area (Å²) in [6, 6.07) is 1.57. The van der Waals surface area contributed by atoms with Crippen molar-refractivity contribution in [2.24, 2.45) is 0 Å². The van der Waals surface area contributed by atoms with Crippen molar-refractivity contribution in [3.8, 4) is 0 Å². The fourth-order valence-electron chi connectivity index (χ4n) is 1.94. The largest absolute Gasteiger partial charge is 0.498 e. The SMILES string of the molecule is CC1(C)OB(c2cc(CC(F)F)cnc2Cl)OC1(C)C. The van der Waals surface area contributed by atoms with E-state index in [4.69, 9.17) is 20.9 Å². The summed E-state index contributed by atoms with van der Waals surface area (Å²) in [6.07, 6.45) is -1.44. The Morgan fingerprint density at radius 2 is 1.80 bits per heavy atom. The maximum atomic E-state index is 12.5. The number of pyridine rings is 1. The summed E-state index contributed by atoms with van der Waals surface area (Å²) in [6.45, 7) is 7.66. The van der Waals surface area contributed by atoms with Gasteiger partial charge in [-0.1, -0.05) is 17.7 Å². The number of aromatic nitrogens is 1. The van der Waals surface area contributed by atoms with Crippen molar-refractivity contribution in [2.45, 2.75) is 51.7 Å². The maximum Gasteiger partial charge on any atom is 0.498 e. The van der Waals surface area contributed by atoms with E-state index in [0.717, 1.165) is 0 Å². The predicted octanol–water partition coefficient (Wildman–Crippen LogP) is 2.84. The highest BCUT2D eigenvalue weighted by Gasteiger charge is 2.52. The number of nitrogens with zero attached hydrogens (tertiary/aromatic N) is 1. The topological polar surface area (TPSA) is 31.4 Å². The molecule has 1 aromatic heterocycles. The molecule has 0 saturated carbocycles. The number of halogens is 3. The molecule has 0 radical (unpaired) electrons. The van der Waals surface area contributed by atoms with E-state index in [0.29, 0.717) is 11.0 Å². The molecule has 0 aliphatic carbocycles. The molecule has 1 aliphatic heterocycles. The first-order valence-electron chi connectivity index (χ1n) is 6.40. The van der Waals surface area contributed by atoms with E-state index in [1.807, 2.05) is 27.7 Å². The zero-order valence-electron chi connectivity index (χ0n) is 11.9. The van der Waals surface area contributed by atoms with Crippen molar-refractivity contribution >= 4 is 24.2 Å². The second-order valence-corrected chi connectivity index (χ2v) is 6.27. The van der Waals surface area contributed by atoms with Crippen LogP contribution in [0, 0.1) is 0 Å². The Labute approximate surface area is 122 Å². The second kappa shape index (κ2) is 5.24. The number of rotatable bonds is 3. The van der Waals surface area contributed by atoms with E-state index in [1.165, 1.54) is 6.20 Å². The summed E-state index contributed by atoms with van der Waals surface area (Å²) < 4.78 is 36.6. The van der Waals surface area contributed by atoms with Crippen molar-refractivity contribution in [1.29, 1.82) is 0 Å². The van der Waals surface area contributed by atoms with Gasteiger partial charge >= 0.3 is 7.12 Å². The van der Waals surface area contributed by atoms with Gasteiger partial charge in [0.2, 0.25) is 6.43 Å². The summed E-state index contributed by atoms with van der Waals surface area (Å²) in [5, 5.41) is 0.210. The van der Waals surface area contributed by atoms with Gasteiger partial charge in [0.1, 0.15) is 5.15 Å². The third kappa shape index (κ3) is 2.97. The molecule has 0 N–H and O–H groups in total. The lowest BCUT2D eigenvalue weighted by atomic mass is 9.79. The van der Waals surface area contributed by atoms with E-state index in [9.17, 15) is 8.78 Å². The highest BCUT2D eigenvalue weighted by Crippen LogP contribution is 2.36. The average molecular weight is 304 g/mol. The molecule has 0 aromatic carbocycles. The minimum Gasteiger partial charge on any atom is -0.399 e. The number of hydrogen-bond acceptors (Lipinski definition) is 3. The van der Waals surface area contributed by atoms with E-state index >= 15 is 0 Å². The van der Waals surface area contributed by atoms with Gasteiger partial charge in [-0.3, -0.25) is 0 Å². The lowest BCUT2D eigenvalue weighted by Gasteiger charge is -2.32. The Hall–Kier alpha value is -0.715. The van der Waals surface area contributed by atoms with Gasteiger partial charge < -0.3 is 9.31 Å². The van der Waals surface area contributed by atoms with Gasteiger partial charge in [0.15, 0.2) is 0 Å². The van der Waals surface area contributed by atoms with Crippen molar-refractivity contribution in [2.75, 3.05) is 0 Å². The molecule has 0 unspecified atom stereocenters. The average Bonchev–Trinajstić information content (AvgIpc) is 2.50. The maximum absolute atomic E-state index is 12.5. The van der Waals surface area contributed by atoms with Crippen LogP contribution in [-0.4, -0.2) is 29.7 Å². The van der Waals surface area contributed by atoms with Gasteiger partial charge in [0.25, 0.3) is 0 Å². The molecular weight excluding hydrogens is 286 g/mol. The lowest BCUT2D eigenvalue weighted by molar-refractivity contribution is 0.00578. The molecule has 20 heavy (non-hydrogen) atoms. The summed E-state index contributed by atoms with van der Waals surface area (Å²) in [5.74, 6) is 0. The first-order valence-corrected chi connectivity index (χ1v) is 6.78. The zero-order valence-corrected chi connectivity index (χ0v) is 12.7. The Balaban J connectivity index is 2.30. The van der Waals surface area contributed by atoms with E-state index < -0.39 is 24.7 Å². The van der Waals surface area contributed by atoms with E-state index in [-0.39, 0.29) is 11.6 Å². The zero-order chi connectivity index (χ0) is 15.1. The summed E-state index contributed by atoms with van der Waals surface area (Å²) >= 11 is 6.04. The van der Waals surface area contributed by atoms with Crippen LogP contribution in [0.15, 0.2) is 12.3 Å². The van der Waals surface area contributed by atoms with Crippen LogP contribution in [0.3, 0.4) is 0 Å². The molecule has 1 saturated heterocycles. The lowest BCUT2D eigenvalue weighted by Crippen LogP contribution is -2.41. The molecule has 1 aliphatic rings. The standard InChI is InChI=1S/C13H17BClF2NO2/c1-12(2)13(3,4)20-14(19-12)9-5-8(6-10(16)17)7-18-11(9)15/h5,7,10H,6H2,1-4H3. The van der Waals surface area contributed by atoms with Gasteiger partial charge in [-0.15, -0.1) is 0 Å². The van der Waals surface area contributed by atoms with Gasteiger partial charge in [0.05, 0.1) is 11.2 Å². The first-order chi connectivity index (χ1) is 9.12. The molecule has 7 heteroatoms. The van der Waals surface area contributed by atoms with Crippen molar-refractivity contribution in [3.63, 3.8) is 0 Å². The highest BCUT2D eigenvalue weighted by molar-refractivity contribution is 6.65. The summed E-state index contributed by atoms with van der Waals surface area (Å²) in [4.78, 5) is 3.94. The molecule has 110 valence electrons. The predicted molar refractivity (Wildman–Crippen MR) is 74.7 cm³/mol. The van der Waals surface area contributed by atoms with Crippen LogP contribution < -0.4 is 5.46 Å². The second-order valence-electron chi connectivity index (χ2n) is 5.91.